The van der Waals surface area contributed by atoms with E-state index < -0.39 is 0 Å². The van der Waals surface area contributed by atoms with Gasteiger partial charge in [-0.3, -0.25) is 4.90 Å². The van der Waals surface area contributed by atoms with Gasteiger partial charge in [0.15, 0.2) is 0 Å². The monoisotopic (exact) mass is 230 g/mol. The fourth-order valence-corrected chi connectivity index (χ4v) is 1.85. The molecule has 0 aromatic heterocycles. The van der Waals surface area contributed by atoms with Gasteiger partial charge >= 0.3 is 0 Å². The molecule has 0 amide bonds. The van der Waals surface area contributed by atoms with Crippen LogP contribution in [0.1, 0.15) is 54.4 Å². The van der Waals surface area contributed by atoms with Crippen LogP contribution in [-0.4, -0.2) is 30.4 Å². The molecule has 0 aliphatic heterocycles. The van der Waals surface area contributed by atoms with Crippen molar-refractivity contribution in [3.8, 4) is 0 Å². The number of nitrogens with two attached hydrogens (primary N) is 1. The van der Waals surface area contributed by atoms with Crippen molar-refractivity contribution in [1.82, 2.24) is 4.90 Å². The summed E-state index contributed by atoms with van der Waals surface area (Å²) in [6, 6.07) is 0. The molecule has 0 aliphatic carbocycles. The largest absolute Gasteiger partial charge is 0.345 e. The summed E-state index contributed by atoms with van der Waals surface area (Å²) < 4.78 is 5.94. The van der Waals surface area contributed by atoms with E-state index in [0.717, 1.165) is 25.9 Å². The van der Waals surface area contributed by atoms with Crippen LogP contribution in [0.25, 0.3) is 0 Å². The van der Waals surface area contributed by atoms with Crippen LogP contribution in [0.15, 0.2) is 0 Å². The Morgan fingerprint density at radius 3 is 1.88 bits per heavy atom. The quantitative estimate of drug-likeness (QED) is 0.652. The van der Waals surface area contributed by atoms with Gasteiger partial charge in [-0.15, -0.1) is 0 Å². The van der Waals surface area contributed by atoms with E-state index in [4.69, 9.17) is 10.5 Å². The second-order valence-electron chi connectivity index (χ2n) is 4.74. The van der Waals surface area contributed by atoms with Crippen molar-refractivity contribution in [3.63, 3.8) is 0 Å². The summed E-state index contributed by atoms with van der Waals surface area (Å²) in [4.78, 5) is 2.27. The van der Waals surface area contributed by atoms with Crippen LogP contribution in [-0.2, 0) is 4.74 Å². The molecule has 0 radical (unpaired) electrons. The number of hydrogen-bond acceptors (Lipinski definition) is 3. The minimum Gasteiger partial charge on any atom is -0.345 e. The predicted molar refractivity (Wildman–Crippen MR) is 70.1 cm³/mol. The topological polar surface area (TPSA) is 38.5 Å². The number of ether oxygens (including phenoxy) is 1. The van der Waals surface area contributed by atoms with Gasteiger partial charge in [0.05, 0.1) is 0 Å². The fraction of sp³-hybridized carbons (Fsp3) is 1.00. The first kappa shape index (κ1) is 15.9. The zero-order valence-electron chi connectivity index (χ0n) is 11.9. The average Bonchev–Trinajstić information content (AvgIpc) is 2.29. The Labute approximate surface area is 101 Å². The van der Waals surface area contributed by atoms with Gasteiger partial charge in [-0.2, -0.15) is 0 Å². The maximum atomic E-state index is 6.17. The molecular weight excluding hydrogens is 200 g/mol. The summed E-state index contributed by atoms with van der Waals surface area (Å²) in [5, 5.41) is 0. The lowest BCUT2D eigenvalue weighted by Crippen LogP contribution is -2.47. The van der Waals surface area contributed by atoms with Gasteiger partial charge in [-0.05, 0) is 32.9 Å². The maximum Gasteiger partial charge on any atom is 0.113 e. The van der Waals surface area contributed by atoms with Crippen molar-refractivity contribution in [1.29, 1.82) is 0 Å². The minimum absolute atomic E-state index is 0.0847. The molecule has 0 saturated carbocycles. The molecule has 0 heterocycles. The number of rotatable bonds is 8. The number of nitrogens with zero attached hydrogens (tertiary/aromatic N) is 1. The average molecular weight is 230 g/mol. The van der Waals surface area contributed by atoms with Gasteiger partial charge in [0.25, 0.3) is 0 Å². The van der Waals surface area contributed by atoms with Gasteiger partial charge in [0, 0.05) is 5.41 Å². The summed E-state index contributed by atoms with van der Waals surface area (Å²) in [5.41, 5.74) is 6.26. The lowest BCUT2D eigenvalue weighted by Gasteiger charge is -2.37. The molecular formula is C13H30N2O. The zero-order chi connectivity index (χ0) is 12.8. The Morgan fingerprint density at radius 2 is 1.56 bits per heavy atom. The second kappa shape index (κ2) is 7.25. The summed E-state index contributed by atoms with van der Waals surface area (Å²) >= 11 is 0. The zero-order valence-corrected chi connectivity index (χ0v) is 11.9. The maximum absolute atomic E-state index is 6.17. The highest BCUT2D eigenvalue weighted by molar-refractivity contribution is 4.77. The molecule has 0 bridgehead atoms. The molecule has 2 atom stereocenters. The molecule has 3 heteroatoms. The van der Waals surface area contributed by atoms with E-state index >= 15 is 0 Å². The van der Waals surface area contributed by atoms with E-state index in [9.17, 15) is 0 Å². The van der Waals surface area contributed by atoms with Crippen molar-refractivity contribution in [2.45, 2.75) is 66.8 Å². The van der Waals surface area contributed by atoms with Gasteiger partial charge in [-0.25, -0.2) is 0 Å². The summed E-state index contributed by atoms with van der Waals surface area (Å²) in [6.45, 7) is 14.9. The highest BCUT2D eigenvalue weighted by atomic mass is 16.5. The normalized spacial score (nSPS) is 16.5. The lowest BCUT2D eigenvalue weighted by atomic mass is 9.83. The van der Waals surface area contributed by atoms with E-state index in [2.05, 4.69) is 46.4 Å². The standard InChI is InChI=1S/C13H30N2O/c1-7-13(6,8-2)12(14)16-11(5)15(9-3)10-4/h11-12H,7-10,14H2,1-6H3. The van der Waals surface area contributed by atoms with Crippen molar-refractivity contribution in [3.05, 3.63) is 0 Å². The first-order valence-electron chi connectivity index (χ1n) is 6.60. The first-order chi connectivity index (χ1) is 7.45. The fourth-order valence-electron chi connectivity index (χ4n) is 1.85. The molecule has 0 spiro atoms. The molecule has 3 nitrogen and oxygen atoms in total. The lowest BCUT2D eigenvalue weighted by molar-refractivity contribution is -0.128. The Morgan fingerprint density at radius 1 is 1.12 bits per heavy atom. The minimum atomic E-state index is -0.182. The van der Waals surface area contributed by atoms with Gasteiger partial charge in [-0.1, -0.05) is 34.6 Å². The van der Waals surface area contributed by atoms with E-state index in [-0.39, 0.29) is 17.9 Å². The Kier molecular flexibility index (Phi) is 7.20. The van der Waals surface area contributed by atoms with Crippen LogP contribution < -0.4 is 5.73 Å². The third kappa shape index (κ3) is 4.04. The van der Waals surface area contributed by atoms with E-state index in [1.54, 1.807) is 0 Å². The molecule has 0 fully saturated rings. The van der Waals surface area contributed by atoms with Crippen LogP contribution in [0, 0.1) is 5.41 Å². The third-order valence-electron chi connectivity index (χ3n) is 3.97. The highest BCUT2D eigenvalue weighted by Crippen LogP contribution is 2.30. The van der Waals surface area contributed by atoms with Crippen molar-refractivity contribution >= 4 is 0 Å². The van der Waals surface area contributed by atoms with Crippen molar-refractivity contribution in [2.24, 2.45) is 11.1 Å². The van der Waals surface area contributed by atoms with Crippen LogP contribution >= 0.6 is 0 Å². The molecule has 16 heavy (non-hydrogen) atoms. The summed E-state index contributed by atoms with van der Waals surface area (Å²) in [6.07, 6.45) is 2.02. The molecule has 2 unspecified atom stereocenters. The Bertz CT molecular complexity index is 177. The summed E-state index contributed by atoms with van der Waals surface area (Å²) in [7, 11) is 0. The highest BCUT2D eigenvalue weighted by Gasteiger charge is 2.30. The van der Waals surface area contributed by atoms with Crippen LogP contribution in [0.5, 0.6) is 0 Å². The van der Waals surface area contributed by atoms with E-state index in [1.165, 1.54) is 0 Å². The summed E-state index contributed by atoms with van der Waals surface area (Å²) in [5.74, 6) is 0. The van der Waals surface area contributed by atoms with Crippen molar-refractivity contribution in [2.75, 3.05) is 13.1 Å². The third-order valence-corrected chi connectivity index (χ3v) is 3.97. The molecule has 0 rings (SSSR count). The molecule has 0 aromatic rings. The van der Waals surface area contributed by atoms with E-state index in [1.807, 2.05) is 0 Å². The van der Waals surface area contributed by atoms with E-state index in [0.29, 0.717) is 0 Å². The number of hydrogen-bond donors (Lipinski definition) is 1. The molecule has 0 aromatic carbocycles. The van der Waals surface area contributed by atoms with Gasteiger partial charge < -0.3 is 10.5 Å². The van der Waals surface area contributed by atoms with Crippen LogP contribution in [0.4, 0.5) is 0 Å². The molecule has 0 aliphatic rings. The molecule has 0 saturated heterocycles. The molecule has 98 valence electrons. The van der Waals surface area contributed by atoms with Gasteiger partial charge in [0.2, 0.25) is 0 Å². The van der Waals surface area contributed by atoms with Crippen LogP contribution in [0.3, 0.4) is 0 Å². The smallest absolute Gasteiger partial charge is 0.113 e. The van der Waals surface area contributed by atoms with Crippen LogP contribution in [0.2, 0.25) is 0 Å². The predicted octanol–water partition coefficient (Wildman–Crippen LogP) is 2.80. The SMILES string of the molecule is CCN(CC)C(C)OC(N)C(C)(CC)CC. The molecule has 2 N–H and O–H groups in total. The van der Waals surface area contributed by atoms with Gasteiger partial charge in [0.1, 0.15) is 12.5 Å². The first-order valence-corrected chi connectivity index (χ1v) is 6.60. The van der Waals surface area contributed by atoms with Crippen molar-refractivity contribution < 1.29 is 4.74 Å². The Hall–Kier alpha value is -0.120. The second-order valence-corrected chi connectivity index (χ2v) is 4.74. The Balaban J connectivity index is 4.37.